The van der Waals surface area contributed by atoms with E-state index in [4.69, 9.17) is 0 Å². The first-order valence-corrected chi connectivity index (χ1v) is 8.85. The molecule has 0 unspecified atom stereocenters. The van der Waals surface area contributed by atoms with Crippen LogP contribution in [0.15, 0.2) is 36.9 Å². The van der Waals surface area contributed by atoms with Crippen molar-refractivity contribution in [2.24, 2.45) is 5.92 Å². The molecule has 3 rings (SSSR count). The molecule has 1 aliphatic rings. The van der Waals surface area contributed by atoms with Crippen LogP contribution in [0, 0.1) is 5.92 Å². The molecule has 1 aliphatic heterocycles. The van der Waals surface area contributed by atoms with Gasteiger partial charge in [-0.1, -0.05) is 0 Å². The summed E-state index contributed by atoms with van der Waals surface area (Å²) in [5, 5.41) is 2.81. The van der Waals surface area contributed by atoms with Gasteiger partial charge in [0.05, 0.1) is 29.7 Å². The molecule has 2 amide bonds. The number of likely N-dealkylation sites (tertiary alicyclic amines) is 1. The molecule has 0 radical (unpaired) electrons. The zero-order valence-electron chi connectivity index (χ0n) is 14.9. The van der Waals surface area contributed by atoms with Crippen LogP contribution in [0.1, 0.15) is 41.5 Å². The number of nitrogens with one attached hydrogen (secondary N) is 1. The number of carbonyl (C=O) groups is 2. The zero-order valence-corrected chi connectivity index (χ0v) is 14.9. The lowest BCUT2D eigenvalue weighted by molar-refractivity contribution is -0.130. The van der Waals surface area contributed by atoms with E-state index in [1.807, 2.05) is 4.90 Å². The highest BCUT2D eigenvalue weighted by Gasteiger charge is 2.21. The van der Waals surface area contributed by atoms with E-state index in [0.717, 1.165) is 43.7 Å². The Balaban J connectivity index is 1.46. The number of hydrogen-bond acceptors (Lipinski definition) is 5. The molecule has 0 saturated carbocycles. The Hall–Kier alpha value is -2.83. The van der Waals surface area contributed by atoms with E-state index in [0.29, 0.717) is 18.0 Å². The van der Waals surface area contributed by atoms with E-state index in [-0.39, 0.29) is 11.8 Å². The number of pyridine rings is 1. The molecule has 0 bridgehead atoms. The summed E-state index contributed by atoms with van der Waals surface area (Å²) >= 11 is 0. The van der Waals surface area contributed by atoms with Gasteiger partial charge in [-0.15, -0.1) is 0 Å². The van der Waals surface area contributed by atoms with Crippen molar-refractivity contribution >= 4 is 11.8 Å². The molecule has 2 aromatic heterocycles. The minimum absolute atomic E-state index is 0.154. The monoisotopic (exact) mass is 353 g/mol. The van der Waals surface area contributed by atoms with Crippen LogP contribution < -0.4 is 5.32 Å². The molecule has 0 aromatic carbocycles. The van der Waals surface area contributed by atoms with Gasteiger partial charge in [0.2, 0.25) is 5.91 Å². The highest BCUT2D eigenvalue weighted by atomic mass is 16.2. The van der Waals surface area contributed by atoms with E-state index in [1.54, 1.807) is 37.6 Å². The van der Waals surface area contributed by atoms with Crippen molar-refractivity contribution in [2.75, 3.05) is 13.1 Å². The summed E-state index contributed by atoms with van der Waals surface area (Å²) in [4.78, 5) is 38.1. The summed E-state index contributed by atoms with van der Waals surface area (Å²) in [6, 6.07) is 3.44. The molecular formula is C19H23N5O2. The quantitative estimate of drug-likeness (QED) is 0.882. The van der Waals surface area contributed by atoms with Crippen molar-refractivity contribution in [3.05, 3.63) is 53.9 Å². The Morgan fingerprint density at radius 3 is 2.50 bits per heavy atom. The number of carbonyl (C=O) groups excluding carboxylic acids is 2. The highest BCUT2D eigenvalue weighted by molar-refractivity contribution is 5.93. The fraction of sp³-hybridized carbons (Fsp3) is 0.421. The number of piperidine rings is 1. The molecule has 1 saturated heterocycles. The van der Waals surface area contributed by atoms with Gasteiger partial charge >= 0.3 is 0 Å². The molecule has 1 fully saturated rings. The Labute approximate surface area is 152 Å². The second-order valence-corrected chi connectivity index (χ2v) is 6.58. The summed E-state index contributed by atoms with van der Waals surface area (Å²) in [6.45, 7) is 3.60. The van der Waals surface area contributed by atoms with Crippen molar-refractivity contribution in [3.63, 3.8) is 0 Å². The number of hydrogen-bond donors (Lipinski definition) is 1. The van der Waals surface area contributed by atoms with Crippen molar-refractivity contribution < 1.29 is 9.59 Å². The smallest absolute Gasteiger partial charge is 0.253 e. The second-order valence-electron chi connectivity index (χ2n) is 6.58. The summed E-state index contributed by atoms with van der Waals surface area (Å²) < 4.78 is 0. The summed E-state index contributed by atoms with van der Waals surface area (Å²) in [6.07, 6.45) is 9.54. The SMILES string of the molecule is CC(=O)N1CCC(Cc2cnc(CNC(=O)c3cccnc3)cn2)CC1. The molecule has 7 heteroatoms. The van der Waals surface area contributed by atoms with Gasteiger partial charge in [-0.2, -0.15) is 0 Å². The van der Waals surface area contributed by atoms with Crippen LogP contribution in [0.4, 0.5) is 0 Å². The lowest BCUT2D eigenvalue weighted by Gasteiger charge is -2.31. The van der Waals surface area contributed by atoms with Crippen LogP contribution >= 0.6 is 0 Å². The first-order chi connectivity index (χ1) is 12.6. The zero-order chi connectivity index (χ0) is 18.4. The second kappa shape index (κ2) is 8.51. The Morgan fingerprint density at radius 2 is 1.88 bits per heavy atom. The Bertz CT molecular complexity index is 740. The minimum Gasteiger partial charge on any atom is -0.346 e. The number of nitrogens with zero attached hydrogens (tertiary/aromatic N) is 4. The molecule has 0 spiro atoms. The van der Waals surface area contributed by atoms with Gasteiger partial charge in [-0.25, -0.2) is 0 Å². The van der Waals surface area contributed by atoms with Crippen molar-refractivity contribution in [2.45, 2.75) is 32.7 Å². The minimum atomic E-state index is -0.179. The third-order valence-corrected chi connectivity index (χ3v) is 4.67. The first-order valence-electron chi connectivity index (χ1n) is 8.85. The number of amides is 2. The van der Waals surface area contributed by atoms with E-state index < -0.39 is 0 Å². The van der Waals surface area contributed by atoms with Crippen LogP contribution in [0.2, 0.25) is 0 Å². The summed E-state index contributed by atoms with van der Waals surface area (Å²) in [5.74, 6) is 0.512. The van der Waals surface area contributed by atoms with Crippen molar-refractivity contribution in [1.82, 2.24) is 25.2 Å². The summed E-state index contributed by atoms with van der Waals surface area (Å²) in [7, 11) is 0. The van der Waals surface area contributed by atoms with Crippen molar-refractivity contribution in [3.8, 4) is 0 Å². The van der Waals surface area contributed by atoms with E-state index in [9.17, 15) is 9.59 Å². The fourth-order valence-electron chi connectivity index (χ4n) is 3.10. The first kappa shape index (κ1) is 18.0. The molecule has 3 heterocycles. The average molecular weight is 353 g/mol. The van der Waals surface area contributed by atoms with E-state index in [2.05, 4.69) is 20.3 Å². The van der Waals surface area contributed by atoms with E-state index >= 15 is 0 Å². The van der Waals surface area contributed by atoms with Crippen LogP contribution in [0.25, 0.3) is 0 Å². The molecule has 1 N–H and O–H groups in total. The lowest BCUT2D eigenvalue weighted by Crippen LogP contribution is -2.37. The van der Waals surface area contributed by atoms with Crippen LogP contribution in [0.5, 0.6) is 0 Å². The van der Waals surface area contributed by atoms with Gasteiger partial charge in [-0.3, -0.25) is 24.5 Å². The van der Waals surface area contributed by atoms with Gasteiger partial charge in [0, 0.05) is 38.6 Å². The highest BCUT2D eigenvalue weighted by Crippen LogP contribution is 2.20. The third-order valence-electron chi connectivity index (χ3n) is 4.67. The molecular weight excluding hydrogens is 330 g/mol. The largest absolute Gasteiger partial charge is 0.346 e. The molecule has 0 atom stereocenters. The Morgan fingerprint density at radius 1 is 1.15 bits per heavy atom. The molecule has 26 heavy (non-hydrogen) atoms. The standard InChI is InChI=1S/C19H23N5O2/c1-14(25)24-7-4-15(5-8-24)9-17-11-22-18(12-21-17)13-23-19(26)16-3-2-6-20-10-16/h2-3,6,10-12,15H,4-5,7-9,13H2,1H3,(H,23,26). The van der Waals surface area contributed by atoms with Crippen molar-refractivity contribution in [1.29, 1.82) is 0 Å². The molecule has 2 aromatic rings. The molecule has 7 nitrogen and oxygen atoms in total. The lowest BCUT2D eigenvalue weighted by atomic mass is 9.92. The van der Waals surface area contributed by atoms with Gasteiger partial charge in [-0.05, 0) is 37.3 Å². The normalized spacial score (nSPS) is 14.9. The third kappa shape index (κ3) is 4.84. The molecule has 0 aliphatic carbocycles. The van der Waals surface area contributed by atoms with Crippen LogP contribution in [0.3, 0.4) is 0 Å². The number of aromatic nitrogens is 3. The van der Waals surface area contributed by atoms with Crippen LogP contribution in [-0.4, -0.2) is 44.8 Å². The molecule has 136 valence electrons. The van der Waals surface area contributed by atoms with Gasteiger partial charge in [0.15, 0.2) is 0 Å². The van der Waals surface area contributed by atoms with Gasteiger partial charge < -0.3 is 10.2 Å². The van der Waals surface area contributed by atoms with Crippen LogP contribution in [-0.2, 0) is 17.8 Å². The average Bonchev–Trinajstić information content (AvgIpc) is 2.68. The van der Waals surface area contributed by atoms with Gasteiger partial charge in [0.25, 0.3) is 5.91 Å². The maximum Gasteiger partial charge on any atom is 0.253 e. The van der Waals surface area contributed by atoms with E-state index in [1.165, 1.54) is 6.20 Å². The predicted octanol–water partition coefficient (Wildman–Crippen LogP) is 1.60. The maximum atomic E-state index is 12.0. The summed E-state index contributed by atoms with van der Waals surface area (Å²) in [5.41, 5.74) is 2.19. The maximum absolute atomic E-state index is 12.0. The topological polar surface area (TPSA) is 88.1 Å². The van der Waals surface area contributed by atoms with Gasteiger partial charge in [0.1, 0.15) is 0 Å². The Kier molecular flexibility index (Phi) is 5.88. The predicted molar refractivity (Wildman–Crippen MR) is 96.1 cm³/mol. The fourth-order valence-corrected chi connectivity index (χ4v) is 3.10. The number of rotatable bonds is 5.